The van der Waals surface area contributed by atoms with Crippen LogP contribution in [0.1, 0.15) is 0 Å². The van der Waals surface area contributed by atoms with E-state index in [1.54, 1.807) is 0 Å². The molecular weight excluding hydrogens is 380 g/mol. The van der Waals surface area contributed by atoms with Crippen LogP contribution >= 0.6 is 0 Å². The number of furan rings is 1. The topological polar surface area (TPSA) is 38.9 Å². The number of aromatic nitrogens is 2. The summed E-state index contributed by atoms with van der Waals surface area (Å²) in [6.07, 6.45) is 0. The van der Waals surface area contributed by atoms with Crippen molar-refractivity contribution in [3.05, 3.63) is 109 Å². The number of hydrogen-bond acceptors (Lipinski definition) is 3. The molecular formula is C28H18N2O. The van der Waals surface area contributed by atoms with Crippen LogP contribution in [0.2, 0.25) is 0 Å². The summed E-state index contributed by atoms with van der Waals surface area (Å²) in [6.45, 7) is 0. The van der Waals surface area contributed by atoms with Gasteiger partial charge in [0.1, 0.15) is 5.58 Å². The Labute approximate surface area is 179 Å². The minimum atomic E-state index is 0.605. The molecule has 2 heterocycles. The Morgan fingerprint density at radius 2 is 1.13 bits per heavy atom. The van der Waals surface area contributed by atoms with E-state index in [0.717, 1.165) is 44.3 Å². The van der Waals surface area contributed by atoms with E-state index in [-0.39, 0.29) is 0 Å². The molecule has 0 amide bonds. The average Bonchev–Trinajstić information content (AvgIpc) is 3.23. The largest absolute Gasteiger partial charge is 0.438 e. The van der Waals surface area contributed by atoms with Gasteiger partial charge >= 0.3 is 0 Å². The molecule has 0 bridgehead atoms. The first-order valence-electron chi connectivity index (χ1n) is 10.3. The Morgan fingerprint density at radius 3 is 1.90 bits per heavy atom. The molecule has 6 aromatic rings. The zero-order valence-corrected chi connectivity index (χ0v) is 16.7. The predicted octanol–water partition coefficient (Wildman–Crippen LogP) is 7.38. The fourth-order valence-corrected chi connectivity index (χ4v) is 4.09. The third-order valence-electron chi connectivity index (χ3n) is 5.54. The van der Waals surface area contributed by atoms with Crippen LogP contribution in [0, 0.1) is 0 Å². The minimum absolute atomic E-state index is 0.605. The van der Waals surface area contributed by atoms with Crippen LogP contribution in [0.4, 0.5) is 0 Å². The summed E-state index contributed by atoms with van der Waals surface area (Å²) in [4.78, 5) is 9.87. The molecule has 0 saturated heterocycles. The van der Waals surface area contributed by atoms with Crippen molar-refractivity contribution in [1.29, 1.82) is 0 Å². The normalized spacial score (nSPS) is 11.2. The quantitative estimate of drug-likeness (QED) is 0.312. The lowest BCUT2D eigenvalue weighted by Crippen LogP contribution is -1.95. The van der Waals surface area contributed by atoms with E-state index < -0.39 is 0 Å². The molecule has 0 radical (unpaired) electrons. The Hall–Kier alpha value is -4.24. The Bertz CT molecular complexity index is 1520. The fourth-order valence-electron chi connectivity index (χ4n) is 4.09. The Kier molecular flexibility index (Phi) is 4.10. The van der Waals surface area contributed by atoms with Crippen molar-refractivity contribution in [1.82, 2.24) is 9.97 Å². The van der Waals surface area contributed by atoms with E-state index in [2.05, 4.69) is 54.6 Å². The molecule has 0 unspecified atom stereocenters. The van der Waals surface area contributed by atoms with Gasteiger partial charge in [-0.15, -0.1) is 0 Å². The summed E-state index contributed by atoms with van der Waals surface area (Å²) < 4.78 is 6.17. The van der Waals surface area contributed by atoms with Crippen molar-refractivity contribution in [2.75, 3.05) is 0 Å². The van der Waals surface area contributed by atoms with E-state index in [9.17, 15) is 0 Å². The van der Waals surface area contributed by atoms with Gasteiger partial charge in [0.25, 0.3) is 0 Å². The first kappa shape index (κ1) is 17.6. The highest BCUT2D eigenvalue weighted by atomic mass is 16.3. The second kappa shape index (κ2) is 7.22. The smallest absolute Gasteiger partial charge is 0.231 e. The maximum atomic E-state index is 6.17. The molecule has 3 nitrogen and oxygen atoms in total. The van der Waals surface area contributed by atoms with E-state index in [1.807, 2.05) is 54.6 Å². The zero-order valence-electron chi connectivity index (χ0n) is 16.7. The lowest BCUT2D eigenvalue weighted by molar-refractivity contribution is 0.653. The molecule has 0 aliphatic heterocycles. The number of para-hydroxylation sites is 1. The van der Waals surface area contributed by atoms with Crippen molar-refractivity contribution < 1.29 is 4.42 Å². The molecule has 6 rings (SSSR count). The maximum absolute atomic E-state index is 6.17. The summed E-state index contributed by atoms with van der Waals surface area (Å²) in [5.74, 6) is 0.657. The van der Waals surface area contributed by atoms with Gasteiger partial charge in [-0.2, -0.15) is 4.98 Å². The number of rotatable bonds is 3. The Morgan fingerprint density at radius 1 is 0.516 bits per heavy atom. The monoisotopic (exact) mass is 398 g/mol. The summed E-state index contributed by atoms with van der Waals surface area (Å²) in [5.41, 5.74) is 6.61. The van der Waals surface area contributed by atoms with Crippen LogP contribution < -0.4 is 0 Å². The second-order valence-electron chi connectivity index (χ2n) is 7.45. The maximum Gasteiger partial charge on any atom is 0.231 e. The average molecular weight is 398 g/mol. The van der Waals surface area contributed by atoms with E-state index in [0.29, 0.717) is 11.5 Å². The van der Waals surface area contributed by atoms with Crippen molar-refractivity contribution >= 4 is 22.1 Å². The van der Waals surface area contributed by atoms with Crippen LogP contribution in [0.25, 0.3) is 55.8 Å². The molecule has 0 spiro atoms. The van der Waals surface area contributed by atoms with Crippen LogP contribution in [-0.4, -0.2) is 9.97 Å². The highest BCUT2D eigenvalue weighted by Crippen LogP contribution is 2.39. The molecule has 0 aliphatic rings. The summed E-state index contributed by atoms with van der Waals surface area (Å²) in [6, 6.07) is 36.9. The highest BCUT2D eigenvalue weighted by Gasteiger charge is 2.19. The third-order valence-corrected chi connectivity index (χ3v) is 5.54. The fraction of sp³-hybridized carbons (Fsp3) is 0. The van der Waals surface area contributed by atoms with Crippen molar-refractivity contribution in [3.8, 4) is 33.8 Å². The zero-order chi connectivity index (χ0) is 20.6. The highest BCUT2D eigenvalue weighted by molar-refractivity contribution is 6.11. The van der Waals surface area contributed by atoms with Gasteiger partial charge in [-0.1, -0.05) is 103 Å². The molecule has 0 saturated carbocycles. The van der Waals surface area contributed by atoms with Gasteiger partial charge in [-0.05, 0) is 17.2 Å². The lowest BCUT2D eigenvalue weighted by Gasteiger charge is -2.12. The summed E-state index contributed by atoms with van der Waals surface area (Å²) >= 11 is 0. The standard InChI is InChI=1S/C28H18N2O/c1-3-11-19(12-4-1)21-15-7-8-16-22(21)26-25-23-17-9-10-18-24(23)31-28(25)30-27(29-26)20-13-5-2-6-14-20/h1-18H. The SMILES string of the molecule is c1ccc(-c2nc(-c3ccccc3-c3ccccc3)c3c(n2)oc2ccccc23)cc1. The minimum Gasteiger partial charge on any atom is -0.438 e. The molecule has 3 heteroatoms. The van der Waals surface area contributed by atoms with Gasteiger partial charge < -0.3 is 4.42 Å². The Balaban J connectivity index is 1.72. The molecule has 0 atom stereocenters. The number of fused-ring (bicyclic) bond motifs is 3. The van der Waals surface area contributed by atoms with Crippen molar-refractivity contribution in [2.45, 2.75) is 0 Å². The van der Waals surface area contributed by atoms with Crippen LogP contribution in [0.15, 0.2) is 114 Å². The van der Waals surface area contributed by atoms with E-state index in [1.165, 1.54) is 0 Å². The molecule has 31 heavy (non-hydrogen) atoms. The number of benzene rings is 4. The molecule has 0 fully saturated rings. The van der Waals surface area contributed by atoms with Gasteiger partial charge in [-0.25, -0.2) is 4.98 Å². The van der Waals surface area contributed by atoms with Crippen molar-refractivity contribution in [3.63, 3.8) is 0 Å². The van der Waals surface area contributed by atoms with E-state index in [4.69, 9.17) is 14.4 Å². The van der Waals surface area contributed by atoms with Gasteiger partial charge in [0, 0.05) is 16.5 Å². The first-order valence-corrected chi connectivity index (χ1v) is 10.3. The lowest BCUT2D eigenvalue weighted by atomic mass is 9.95. The first-order chi connectivity index (χ1) is 15.4. The molecule has 0 aliphatic carbocycles. The molecule has 146 valence electrons. The molecule has 0 N–H and O–H groups in total. The summed E-state index contributed by atoms with van der Waals surface area (Å²) in [5, 5.41) is 1.97. The van der Waals surface area contributed by atoms with Gasteiger partial charge in [0.05, 0.1) is 11.1 Å². The van der Waals surface area contributed by atoms with E-state index >= 15 is 0 Å². The third kappa shape index (κ3) is 2.99. The van der Waals surface area contributed by atoms with Gasteiger partial charge in [0.15, 0.2) is 5.82 Å². The number of nitrogens with zero attached hydrogens (tertiary/aromatic N) is 2. The molecule has 2 aromatic heterocycles. The predicted molar refractivity (Wildman–Crippen MR) is 126 cm³/mol. The second-order valence-corrected chi connectivity index (χ2v) is 7.45. The van der Waals surface area contributed by atoms with Crippen LogP contribution in [-0.2, 0) is 0 Å². The molecule has 4 aromatic carbocycles. The summed E-state index contributed by atoms with van der Waals surface area (Å²) in [7, 11) is 0. The van der Waals surface area contributed by atoms with Gasteiger partial charge in [0.2, 0.25) is 5.71 Å². The van der Waals surface area contributed by atoms with Crippen LogP contribution in [0.3, 0.4) is 0 Å². The van der Waals surface area contributed by atoms with Crippen LogP contribution in [0.5, 0.6) is 0 Å². The number of hydrogen-bond donors (Lipinski definition) is 0. The van der Waals surface area contributed by atoms with Crippen molar-refractivity contribution in [2.24, 2.45) is 0 Å². The van der Waals surface area contributed by atoms with Gasteiger partial charge in [-0.3, -0.25) is 0 Å².